The molecule has 1 aromatic carbocycles. The predicted octanol–water partition coefficient (Wildman–Crippen LogP) is 2.05. The Bertz CT molecular complexity index is 540. The summed E-state index contributed by atoms with van der Waals surface area (Å²) in [6.45, 7) is 2.25. The number of Topliss-reactive ketones (excluding diaryl/α,β-unsaturated/α-hetero) is 1. The molecule has 1 fully saturated rings. The number of fused-ring (bicyclic) bond motifs is 1. The molecule has 1 heterocycles. The summed E-state index contributed by atoms with van der Waals surface area (Å²) in [7, 11) is 0. The van der Waals surface area contributed by atoms with Crippen molar-refractivity contribution in [2.75, 3.05) is 11.9 Å². The van der Waals surface area contributed by atoms with Crippen LogP contribution in [-0.4, -0.2) is 29.5 Å². The Balaban J connectivity index is 1.74. The summed E-state index contributed by atoms with van der Waals surface area (Å²) in [5.74, 6) is 0.0748. The highest BCUT2D eigenvalue weighted by Gasteiger charge is 2.24. The standard InChI is InChI=1S/C14H16N2O2S/c1-8-14(18)16-11-6-9(2-5-13(11)19-8)12(17)7-15-10-3-4-10/h2,5-6,8,10,15H,3-4,7H2,1H3,(H,16,18). The van der Waals surface area contributed by atoms with Crippen LogP contribution in [0.2, 0.25) is 0 Å². The summed E-state index contributed by atoms with van der Waals surface area (Å²) in [5.41, 5.74) is 1.41. The summed E-state index contributed by atoms with van der Waals surface area (Å²) in [4.78, 5) is 24.7. The van der Waals surface area contributed by atoms with Crippen LogP contribution in [0.5, 0.6) is 0 Å². The fourth-order valence-electron chi connectivity index (χ4n) is 2.01. The first-order valence-electron chi connectivity index (χ1n) is 6.51. The molecular formula is C14H16N2O2S. The third kappa shape index (κ3) is 2.82. The largest absolute Gasteiger partial charge is 0.324 e. The van der Waals surface area contributed by atoms with E-state index >= 15 is 0 Å². The van der Waals surface area contributed by atoms with Gasteiger partial charge in [0.25, 0.3) is 0 Å². The summed E-state index contributed by atoms with van der Waals surface area (Å²) < 4.78 is 0. The molecule has 4 nitrogen and oxygen atoms in total. The molecular weight excluding hydrogens is 260 g/mol. The van der Waals surface area contributed by atoms with Gasteiger partial charge in [-0.05, 0) is 31.9 Å². The number of carbonyl (C=O) groups excluding carboxylic acids is 2. The molecule has 1 aliphatic carbocycles. The average molecular weight is 276 g/mol. The van der Waals surface area contributed by atoms with E-state index in [2.05, 4.69) is 10.6 Å². The Morgan fingerprint density at radius 1 is 1.47 bits per heavy atom. The van der Waals surface area contributed by atoms with Crippen molar-refractivity contribution in [2.24, 2.45) is 0 Å². The first-order valence-corrected chi connectivity index (χ1v) is 7.39. The number of carbonyl (C=O) groups is 2. The number of ketones is 1. The zero-order valence-corrected chi connectivity index (χ0v) is 11.5. The van der Waals surface area contributed by atoms with Crippen LogP contribution in [0.25, 0.3) is 0 Å². The molecule has 0 bridgehead atoms. The van der Waals surface area contributed by atoms with Crippen LogP contribution < -0.4 is 10.6 Å². The Kier molecular flexibility index (Phi) is 3.33. The van der Waals surface area contributed by atoms with Crippen molar-refractivity contribution in [1.82, 2.24) is 5.32 Å². The van der Waals surface area contributed by atoms with Gasteiger partial charge >= 0.3 is 0 Å². The summed E-state index contributed by atoms with van der Waals surface area (Å²) in [6, 6.07) is 6.06. The molecule has 19 heavy (non-hydrogen) atoms. The van der Waals surface area contributed by atoms with Crippen molar-refractivity contribution in [3.63, 3.8) is 0 Å². The number of thioether (sulfide) groups is 1. The molecule has 2 N–H and O–H groups in total. The van der Waals surface area contributed by atoms with E-state index in [-0.39, 0.29) is 16.9 Å². The maximum atomic E-state index is 12.0. The molecule has 0 radical (unpaired) electrons. The van der Waals surface area contributed by atoms with E-state index < -0.39 is 0 Å². The highest BCUT2D eigenvalue weighted by Crippen LogP contribution is 2.35. The van der Waals surface area contributed by atoms with Crippen molar-refractivity contribution in [2.45, 2.75) is 36.0 Å². The second-order valence-corrected chi connectivity index (χ2v) is 6.42. The lowest BCUT2D eigenvalue weighted by atomic mass is 10.1. The van der Waals surface area contributed by atoms with Crippen LogP contribution in [0.4, 0.5) is 5.69 Å². The number of rotatable bonds is 4. The molecule has 1 amide bonds. The molecule has 1 saturated carbocycles. The third-order valence-corrected chi connectivity index (χ3v) is 4.54. The molecule has 100 valence electrons. The van der Waals surface area contributed by atoms with E-state index in [1.807, 2.05) is 19.1 Å². The van der Waals surface area contributed by atoms with E-state index in [0.717, 1.165) is 10.6 Å². The van der Waals surface area contributed by atoms with E-state index in [1.165, 1.54) is 24.6 Å². The minimum Gasteiger partial charge on any atom is -0.324 e. The molecule has 5 heteroatoms. The predicted molar refractivity (Wildman–Crippen MR) is 75.7 cm³/mol. The van der Waals surface area contributed by atoms with Gasteiger partial charge in [-0.3, -0.25) is 9.59 Å². The normalized spacial score (nSPS) is 21.7. The molecule has 1 atom stereocenters. The second-order valence-electron chi connectivity index (χ2n) is 5.04. The molecule has 3 rings (SSSR count). The Labute approximate surface area is 116 Å². The van der Waals surface area contributed by atoms with Crippen LogP contribution >= 0.6 is 11.8 Å². The minimum atomic E-state index is -0.0782. The first-order chi connectivity index (χ1) is 9.13. The fraction of sp³-hybridized carbons (Fsp3) is 0.429. The van der Waals surface area contributed by atoms with Crippen LogP contribution in [0, 0.1) is 0 Å². The lowest BCUT2D eigenvalue weighted by Gasteiger charge is -2.21. The van der Waals surface area contributed by atoms with E-state index in [9.17, 15) is 9.59 Å². The van der Waals surface area contributed by atoms with Gasteiger partial charge in [0.15, 0.2) is 5.78 Å². The van der Waals surface area contributed by atoms with Gasteiger partial charge < -0.3 is 10.6 Å². The molecule has 0 aromatic heterocycles. The number of hydrogen-bond acceptors (Lipinski definition) is 4. The van der Waals surface area contributed by atoms with Gasteiger partial charge in [-0.2, -0.15) is 0 Å². The zero-order chi connectivity index (χ0) is 13.4. The summed E-state index contributed by atoms with van der Waals surface area (Å²) in [5, 5.41) is 5.98. The third-order valence-electron chi connectivity index (χ3n) is 3.36. The first kappa shape index (κ1) is 12.7. The van der Waals surface area contributed by atoms with Gasteiger partial charge in [0.1, 0.15) is 0 Å². The monoisotopic (exact) mass is 276 g/mol. The van der Waals surface area contributed by atoms with Gasteiger partial charge in [0.2, 0.25) is 5.91 Å². The SMILES string of the molecule is CC1Sc2ccc(C(=O)CNC3CC3)cc2NC1=O. The highest BCUT2D eigenvalue weighted by atomic mass is 32.2. The fourth-order valence-corrected chi connectivity index (χ4v) is 2.94. The van der Waals surface area contributed by atoms with E-state index in [0.29, 0.717) is 18.2 Å². The van der Waals surface area contributed by atoms with E-state index in [1.54, 1.807) is 6.07 Å². The molecule has 2 aliphatic rings. The highest BCUT2D eigenvalue weighted by molar-refractivity contribution is 8.00. The maximum Gasteiger partial charge on any atom is 0.237 e. The Morgan fingerprint density at radius 3 is 3.00 bits per heavy atom. The van der Waals surface area contributed by atoms with Gasteiger partial charge in [0.05, 0.1) is 17.5 Å². The van der Waals surface area contributed by atoms with Crippen molar-refractivity contribution in [1.29, 1.82) is 0 Å². The number of hydrogen-bond donors (Lipinski definition) is 2. The molecule has 0 spiro atoms. The van der Waals surface area contributed by atoms with E-state index in [4.69, 9.17) is 0 Å². The van der Waals surface area contributed by atoms with Gasteiger partial charge in [-0.25, -0.2) is 0 Å². The van der Waals surface area contributed by atoms with Crippen LogP contribution in [0.3, 0.4) is 0 Å². The van der Waals surface area contributed by atoms with Gasteiger partial charge in [-0.1, -0.05) is 6.07 Å². The maximum absolute atomic E-state index is 12.0. The summed E-state index contributed by atoms with van der Waals surface area (Å²) >= 11 is 1.53. The van der Waals surface area contributed by atoms with Crippen molar-refractivity contribution < 1.29 is 9.59 Å². The quantitative estimate of drug-likeness (QED) is 0.826. The smallest absolute Gasteiger partial charge is 0.237 e. The topological polar surface area (TPSA) is 58.2 Å². The van der Waals surface area contributed by atoms with Gasteiger partial charge in [-0.15, -0.1) is 11.8 Å². The molecule has 1 aromatic rings. The second kappa shape index (κ2) is 4.98. The van der Waals surface area contributed by atoms with Crippen molar-refractivity contribution >= 4 is 29.1 Å². The lowest BCUT2D eigenvalue weighted by molar-refractivity contribution is -0.115. The molecule has 1 aliphatic heterocycles. The zero-order valence-electron chi connectivity index (χ0n) is 10.7. The van der Waals surface area contributed by atoms with Crippen LogP contribution in [0.1, 0.15) is 30.1 Å². The number of benzene rings is 1. The van der Waals surface area contributed by atoms with Crippen molar-refractivity contribution in [3.8, 4) is 0 Å². The Hall–Kier alpha value is -1.33. The number of anilines is 1. The summed E-state index contributed by atoms with van der Waals surface area (Å²) in [6.07, 6.45) is 2.34. The molecule has 1 unspecified atom stereocenters. The average Bonchev–Trinajstić information content (AvgIpc) is 3.21. The minimum absolute atomic E-state index is 0.00166. The number of nitrogens with one attached hydrogen (secondary N) is 2. The van der Waals surface area contributed by atoms with Crippen LogP contribution in [-0.2, 0) is 4.79 Å². The van der Waals surface area contributed by atoms with Crippen molar-refractivity contribution in [3.05, 3.63) is 23.8 Å². The lowest BCUT2D eigenvalue weighted by Crippen LogP contribution is -2.27. The Morgan fingerprint density at radius 2 is 2.26 bits per heavy atom. The number of amides is 1. The van der Waals surface area contributed by atoms with Gasteiger partial charge in [0, 0.05) is 16.5 Å². The van der Waals surface area contributed by atoms with Crippen LogP contribution in [0.15, 0.2) is 23.1 Å². The molecule has 0 saturated heterocycles.